The van der Waals surface area contributed by atoms with Gasteiger partial charge >= 0.3 is 5.97 Å². The lowest BCUT2D eigenvalue weighted by atomic mass is 9.82. The number of alkyl halides is 1. The van der Waals surface area contributed by atoms with E-state index in [4.69, 9.17) is 16.3 Å². The monoisotopic (exact) mass is 351 g/mol. The van der Waals surface area contributed by atoms with Crippen LogP contribution < -0.4 is 0 Å². The summed E-state index contributed by atoms with van der Waals surface area (Å²) >= 11 is 5.98. The van der Waals surface area contributed by atoms with E-state index in [9.17, 15) is 9.90 Å². The predicted octanol–water partition coefficient (Wildman–Crippen LogP) is 3.23. The molecule has 1 atom stereocenters. The molecule has 1 heterocycles. The lowest BCUT2D eigenvalue weighted by Crippen LogP contribution is -2.33. The maximum atomic E-state index is 11.7. The van der Waals surface area contributed by atoms with E-state index in [2.05, 4.69) is 10.3 Å². The van der Waals surface area contributed by atoms with E-state index in [1.165, 1.54) is 0 Å². The third kappa shape index (κ3) is 3.94. The standard InChI is InChI=1S/C17H22ClN3O3/c1-11-5-6-12(7-13(11)8-18)15(17(2,3)16(22)23)24-10-14-9-21(4)20-19-14/h5-7,9,15H,8,10H2,1-4H3,(H,22,23)/t15-/m1/s1. The van der Waals surface area contributed by atoms with Gasteiger partial charge in [0.15, 0.2) is 0 Å². The number of hydrogen-bond donors (Lipinski definition) is 1. The van der Waals surface area contributed by atoms with Crippen LogP contribution in [0.25, 0.3) is 0 Å². The number of carbonyl (C=O) groups is 1. The van der Waals surface area contributed by atoms with Crippen LogP contribution in [0.15, 0.2) is 24.4 Å². The quantitative estimate of drug-likeness (QED) is 0.775. The molecule has 2 aromatic rings. The van der Waals surface area contributed by atoms with Crippen LogP contribution in [-0.4, -0.2) is 26.1 Å². The summed E-state index contributed by atoms with van der Waals surface area (Å²) in [7, 11) is 1.77. The second-order valence-corrected chi connectivity index (χ2v) is 6.69. The molecular formula is C17H22ClN3O3. The van der Waals surface area contributed by atoms with E-state index in [1.807, 2.05) is 25.1 Å². The number of aryl methyl sites for hydroxylation is 2. The Hall–Kier alpha value is -1.92. The van der Waals surface area contributed by atoms with Crippen LogP contribution in [0.4, 0.5) is 0 Å². The van der Waals surface area contributed by atoms with Crippen molar-refractivity contribution in [2.75, 3.05) is 0 Å². The molecule has 0 aliphatic heterocycles. The fraction of sp³-hybridized carbons (Fsp3) is 0.471. The highest BCUT2D eigenvalue weighted by Gasteiger charge is 2.39. The smallest absolute Gasteiger partial charge is 0.312 e. The molecule has 0 spiro atoms. The molecule has 7 heteroatoms. The first-order valence-corrected chi connectivity index (χ1v) is 8.14. The van der Waals surface area contributed by atoms with Gasteiger partial charge in [-0.25, -0.2) is 0 Å². The Morgan fingerprint density at radius 1 is 1.46 bits per heavy atom. The number of carboxylic acids is 1. The fourth-order valence-corrected chi connectivity index (χ4v) is 2.75. The van der Waals surface area contributed by atoms with Gasteiger partial charge in [-0.3, -0.25) is 9.48 Å². The third-order valence-corrected chi connectivity index (χ3v) is 4.36. The summed E-state index contributed by atoms with van der Waals surface area (Å²) in [4.78, 5) is 11.7. The lowest BCUT2D eigenvalue weighted by molar-refractivity contribution is -0.158. The molecule has 6 nitrogen and oxygen atoms in total. The minimum Gasteiger partial charge on any atom is -0.481 e. The zero-order valence-electron chi connectivity index (χ0n) is 14.3. The van der Waals surface area contributed by atoms with Gasteiger partial charge in [0.2, 0.25) is 0 Å². The van der Waals surface area contributed by atoms with E-state index in [1.54, 1.807) is 31.8 Å². The Morgan fingerprint density at radius 2 is 2.17 bits per heavy atom. The molecule has 0 unspecified atom stereocenters. The van der Waals surface area contributed by atoms with Gasteiger partial charge in [0.05, 0.1) is 24.3 Å². The molecule has 130 valence electrons. The molecule has 0 bridgehead atoms. The number of aliphatic carboxylic acids is 1. The van der Waals surface area contributed by atoms with E-state index < -0.39 is 17.5 Å². The van der Waals surface area contributed by atoms with Crippen LogP contribution in [0.1, 0.15) is 42.3 Å². The Bertz CT molecular complexity index is 728. The summed E-state index contributed by atoms with van der Waals surface area (Å²) in [5.74, 6) is -0.566. The Balaban J connectivity index is 2.33. The minimum atomic E-state index is -1.11. The first-order chi connectivity index (χ1) is 11.3. The highest BCUT2D eigenvalue weighted by atomic mass is 35.5. The third-order valence-electron chi connectivity index (χ3n) is 4.07. The van der Waals surface area contributed by atoms with Crippen LogP contribution in [0.3, 0.4) is 0 Å². The van der Waals surface area contributed by atoms with Gasteiger partial charge < -0.3 is 9.84 Å². The number of benzene rings is 1. The van der Waals surface area contributed by atoms with Crippen molar-refractivity contribution in [1.29, 1.82) is 0 Å². The van der Waals surface area contributed by atoms with Crippen LogP contribution in [0.2, 0.25) is 0 Å². The average Bonchev–Trinajstić information content (AvgIpc) is 2.94. The summed E-state index contributed by atoms with van der Waals surface area (Å²) in [6.07, 6.45) is 1.10. The van der Waals surface area contributed by atoms with Crippen molar-refractivity contribution in [2.45, 2.75) is 39.4 Å². The molecule has 0 saturated heterocycles. The number of nitrogens with zero attached hydrogens (tertiary/aromatic N) is 3. The van der Waals surface area contributed by atoms with Crippen LogP contribution >= 0.6 is 11.6 Å². The molecule has 0 aliphatic rings. The largest absolute Gasteiger partial charge is 0.481 e. The number of halogens is 1. The van der Waals surface area contributed by atoms with Crippen LogP contribution in [-0.2, 0) is 29.1 Å². The van der Waals surface area contributed by atoms with Gasteiger partial charge in [0, 0.05) is 12.9 Å². The summed E-state index contributed by atoms with van der Waals surface area (Å²) < 4.78 is 7.53. The van der Waals surface area contributed by atoms with Crippen molar-refractivity contribution in [3.05, 3.63) is 46.8 Å². The Morgan fingerprint density at radius 3 is 2.71 bits per heavy atom. The summed E-state index contributed by atoms with van der Waals surface area (Å²) in [6, 6.07) is 5.73. The molecule has 0 saturated carbocycles. The molecule has 0 radical (unpaired) electrons. The molecule has 24 heavy (non-hydrogen) atoms. The SMILES string of the molecule is Cc1ccc([C@@H](OCc2cn(C)nn2)C(C)(C)C(=O)O)cc1CCl. The molecule has 2 rings (SSSR count). The van der Waals surface area contributed by atoms with Gasteiger partial charge in [0.25, 0.3) is 0 Å². The van der Waals surface area contributed by atoms with Gasteiger partial charge in [-0.15, -0.1) is 16.7 Å². The second-order valence-electron chi connectivity index (χ2n) is 6.42. The summed E-state index contributed by atoms with van der Waals surface area (Å²) in [5.41, 5.74) is 2.35. The van der Waals surface area contributed by atoms with Gasteiger partial charge in [-0.05, 0) is 37.5 Å². The van der Waals surface area contributed by atoms with Gasteiger partial charge in [0.1, 0.15) is 5.69 Å². The molecule has 1 aromatic carbocycles. The van der Waals surface area contributed by atoms with E-state index >= 15 is 0 Å². The maximum absolute atomic E-state index is 11.7. The van der Waals surface area contributed by atoms with Crippen LogP contribution in [0.5, 0.6) is 0 Å². The average molecular weight is 352 g/mol. The Kier molecular flexibility index (Phi) is 5.62. The zero-order chi connectivity index (χ0) is 17.9. The second kappa shape index (κ2) is 7.32. The lowest BCUT2D eigenvalue weighted by Gasteiger charge is -2.31. The number of hydrogen-bond acceptors (Lipinski definition) is 4. The molecule has 0 fully saturated rings. The molecule has 1 N–H and O–H groups in total. The Labute approximate surface area is 146 Å². The molecule has 1 aromatic heterocycles. The fourth-order valence-electron chi connectivity index (χ4n) is 2.46. The summed E-state index contributed by atoms with van der Waals surface area (Å²) in [6.45, 7) is 5.45. The highest BCUT2D eigenvalue weighted by Crippen LogP contribution is 2.38. The van der Waals surface area contributed by atoms with Gasteiger partial charge in [-0.2, -0.15) is 0 Å². The first kappa shape index (κ1) is 18.4. The minimum absolute atomic E-state index is 0.180. The van der Waals surface area contributed by atoms with Crippen molar-refractivity contribution in [3.63, 3.8) is 0 Å². The van der Waals surface area contributed by atoms with Crippen molar-refractivity contribution in [1.82, 2.24) is 15.0 Å². The first-order valence-electron chi connectivity index (χ1n) is 7.61. The predicted molar refractivity (Wildman–Crippen MR) is 90.7 cm³/mol. The highest BCUT2D eigenvalue weighted by molar-refractivity contribution is 6.17. The molecule has 0 aliphatic carbocycles. The number of carboxylic acid groups (broad SMARTS) is 1. The maximum Gasteiger partial charge on any atom is 0.312 e. The normalized spacial score (nSPS) is 13.0. The molecular weight excluding hydrogens is 330 g/mol. The van der Waals surface area contributed by atoms with E-state index in [0.717, 1.165) is 16.7 Å². The van der Waals surface area contributed by atoms with E-state index in [-0.39, 0.29) is 6.61 Å². The van der Waals surface area contributed by atoms with Gasteiger partial charge in [-0.1, -0.05) is 23.4 Å². The van der Waals surface area contributed by atoms with Crippen molar-refractivity contribution in [2.24, 2.45) is 12.5 Å². The number of aromatic nitrogens is 3. The van der Waals surface area contributed by atoms with E-state index in [0.29, 0.717) is 11.6 Å². The zero-order valence-corrected chi connectivity index (χ0v) is 15.0. The number of rotatable bonds is 7. The number of ether oxygens (including phenoxy) is 1. The topological polar surface area (TPSA) is 77.2 Å². The van der Waals surface area contributed by atoms with Crippen molar-refractivity contribution < 1.29 is 14.6 Å². The van der Waals surface area contributed by atoms with Crippen molar-refractivity contribution >= 4 is 17.6 Å². The van der Waals surface area contributed by atoms with Crippen molar-refractivity contribution in [3.8, 4) is 0 Å². The summed E-state index contributed by atoms with van der Waals surface area (Å²) in [5, 5.41) is 17.4. The van der Waals surface area contributed by atoms with Crippen LogP contribution in [0, 0.1) is 12.3 Å². The molecule has 0 amide bonds.